The molecule has 0 atom stereocenters. The lowest BCUT2D eigenvalue weighted by Crippen LogP contribution is -1.99. The van der Waals surface area contributed by atoms with Gasteiger partial charge in [0, 0.05) is 6.08 Å². The molecule has 0 aliphatic rings. The second-order valence-corrected chi connectivity index (χ2v) is 1.79. The summed E-state index contributed by atoms with van der Waals surface area (Å²) in [5.74, 6) is -2.45. The third-order valence-electron chi connectivity index (χ3n) is 0.897. The molecule has 5 heteroatoms. The van der Waals surface area contributed by atoms with Gasteiger partial charge in [0.2, 0.25) is 0 Å². The highest BCUT2D eigenvalue weighted by Crippen LogP contribution is 1.96. The highest BCUT2D eigenvalue weighted by Gasteiger charge is 2.02. The predicted molar refractivity (Wildman–Crippen MR) is 39.5 cm³/mol. The lowest BCUT2D eigenvalue weighted by Gasteiger charge is -1.92. The summed E-state index contributed by atoms with van der Waals surface area (Å²) in [5, 5.41) is 16.6. The van der Waals surface area contributed by atoms with E-state index in [0.717, 1.165) is 18.4 Å². The molecule has 0 aromatic rings. The van der Waals surface area contributed by atoms with E-state index < -0.39 is 11.9 Å². The maximum absolute atomic E-state index is 10.3. The van der Waals surface area contributed by atoms with Crippen LogP contribution in [0.3, 0.4) is 0 Å². The van der Waals surface area contributed by atoms with Crippen molar-refractivity contribution >= 4 is 11.9 Å². The van der Waals surface area contributed by atoms with E-state index in [1.807, 2.05) is 0 Å². The standard InChI is InChI=1S/C7H8O5/c1-12-4-5(7(10)11)2-3-6(8)9/h2-4H,1H3,(H,8,9)(H,10,11)/b3-2+,5-4?. The van der Waals surface area contributed by atoms with Gasteiger partial charge in [0.05, 0.1) is 18.9 Å². The Morgan fingerprint density at radius 3 is 2.17 bits per heavy atom. The van der Waals surface area contributed by atoms with E-state index in [-0.39, 0.29) is 5.57 Å². The molecule has 0 aliphatic carbocycles. The fraction of sp³-hybridized carbons (Fsp3) is 0.143. The maximum Gasteiger partial charge on any atom is 0.338 e. The topological polar surface area (TPSA) is 83.8 Å². The number of ether oxygens (including phenoxy) is 1. The van der Waals surface area contributed by atoms with Crippen LogP contribution in [0.15, 0.2) is 24.0 Å². The summed E-state index contributed by atoms with van der Waals surface area (Å²) in [4.78, 5) is 20.3. The van der Waals surface area contributed by atoms with Crippen LogP contribution in [0.5, 0.6) is 0 Å². The van der Waals surface area contributed by atoms with Crippen molar-refractivity contribution in [3.8, 4) is 0 Å². The molecule has 0 saturated carbocycles. The Morgan fingerprint density at radius 2 is 1.83 bits per heavy atom. The van der Waals surface area contributed by atoms with E-state index >= 15 is 0 Å². The molecule has 0 aliphatic heterocycles. The first-order valence-electron chi connectivity index (χ1n) is 2.95. The van der Waals surface area contributed by atoms with Crippen molar-refractivity contribution in [3.63, 3.8) is 0 Å². The minimum Gasteiger partial charge on any atom is -0.503 e. The first kappa shape index (κ1) is 10.2. The normalized spacial score (nSPS) is 11.6. The van der Waals surface area contributed by atoms with Gasteiger partial charge in [-0.25, -0.2) is 9.59 Å². The second kappa shape index (κ2) is 4.95. The summed E-state index contributed by atoms with van der Waals surface area (Å²) in [7, 11) is 1.28. The zero-order valence-corrected chi connectivity index (χ0v) is 6.35. The number of hydrogen-bond acceptors (Lipinski definition) is 3. The molecule has 0 fully saturated rings. The largest absolute Gasteiger partial charge is 0.503 e. The number of carboxylic acids is 2. The summed E-state index contributed by atoms with van der Waals surface area (Å²) in [6.45, 7) is 0. The third kappa shape index (κ3) is 4.10. The number of methoxy groups -OCH3 is 1. The van der Waals surface area contributed by atoms with E-state index in [9.17, 15) is 9.59 Å². The predicted octanol–water partition coefficient (Wildman–Crippen LogP) is 0.242. The molecule has 12 heavy (non-hydrogen) atoms. The molecule has 0 unspecified atom stereocenters. The van der Waals surface area contributed by atoms with Gasteiger partial charge >= 0.3 is 11.9 Å². The maximum atomic E-state index is 10.3. The highest BCUT2D eigenvalue weighted by atomic mass is 16.5. The molecule has 2 N–H and O–H groups in total. The first-order valence-corrected chi connectivity index (χ1v) is 2.95. The Hall–Kier alpha value is -1.78. The summed E-state index contributed by atoms with van der Waals surface area (Å²) in [5.41, 5.74) is -0.222. The van der Waals surface area contributed by atoms with E-state index in [1.165, 1.54) is 7.11 Å². The molecule has 0 spiro atoms. The molecule has 0 heterocycles. The number of rotatable bonds is 4. The van der Waals surface area contributed by atoms with Crippen LogP contribution in [0.2, 0.25) is 0 Å². The van der Waals surface area contributed by atoms with Crippen LogP contribution in [0.25, 0.3) is 0 Å². The monoisotopic (exact) mass is 172 g/mol. The van der Waals surface area contributed by atoms with Crippen molar-refractivity contribution in [2.24, 2.45) is 0 Å². The highest BCUT2D eigenvalue weighted by molar-refractivity contribution is 5.92. The summed E-state index contributed by atoms with van der Waals surface area (Å²) < 4.78 is 4.41. The average Bonchev–Trinajstić information content (AvgIpc) is 1.96. The first-order chi connectivity index (χ1) is 5.57. The Bertz CT molecular complexity index is 238. The van der Waals surface area contributed by atoms with Crippen LogP contribution in [0, 0.1) is 0 Å². The smallest absolute Gasteiger partial charge is 0.338 e. The van der Waals surface area contributed by atoms with Crippen molar-refractivity contribution in [1.82, 2.24) is 0 Å². The number of carboxylic acid groups (broad SMARTS) is 2. The lowest BCUT2D eigenvalue weighted by atomic mass is 10.3. The molecule has 66 valence electrons. The molecule has 0 saturated heterocycles. The van der Waals surface area contributed by atoms with E-state index in [4.69, 9.17) is 10.2 Å². The quantitative estimate of drug-likeness (QED) is 0.360. The van der Waals surface area contributed by atoms with Crippen molar-refractivity contribution < 1.29 is 24.5 Å². The van der Waals surface area contributed by atoms with Crippen molar-refractivity contribution in [2.75, 3.05) is 7.11 Å². The van der Waals surface area contributed by atoms with Crippen LogP contribution >= 0.6 is 0 Å². The average molecular weight is 172 g/mol. The van der Waals surface area contributed by atoms with Gasteiger partial charge in [0.25, 0.3) is 0 Å². The fourth-order valence-electron chi connectivity index (χ4n) is 0.449. The van der Waals surface area contributed by atoms with Crippen LogP contribution in [-0.2, 0) is 14.3 Å². The lowest BCUT2D eigenvalue weighted by molar-refractivity contribution is -0.132. The molecule has 0 bridgehead atoms. The molecule has 0 aromatic carbocycles. The van der Waals surface area contributed by atoms with Gasteiger partial charge in [-0.3, -0.25) is 0 Å². The van der Waals surface area contributed by atoms with E-state index in [0.29, 0.717) is 0 Å². The van der Waals surface area contributed by atoms with E-state index in [2.05, 4.69) is 4.74 Å². The van der Waals surface area contributed by atoms with Gasteiger partial charge in [-0.1, -0.05) is 0 Å². The molecule has 0 rings (SSSR count). The van der Waals surface area contributed by atoms with Gasteiger partial charge in [-0.2, -0.15) is 0 Å². The Morgan fingerprint density at radius 1 is 1.25 bits per heavy atom. The fourth-order valence-corrected chi connectivity index (χ4v) is 0.449. The Balaban J connectivity index is 4.45. The zero-order chi connectivity index (χ0) is 9.56. The van der Waals surface area contributed by atoms with Crippen molar-refractivity contribution in [3.05, 3.63) is 24.0 Å². The Labute approximate surface area is 68.6 Å². The van der Waals surface area contributed by atoms with Crippen LogP contribution in [0.1, 0.15) is 0 Å². The van der Waals surface area contributed by atoms with Crippen LogP contribution in [0.4, 0.5) is 0 Å². The summed E-state index contributed by atoms with van der Waals surface area (Å²) in [6, 6.07) is 0. The van der Waals surface area contributed by atoms with Gasteiger partial charge in [0.1, 0.15) is 0 Å². The SMILES string of the molecule is COC=C(/C=C/C(=O)O)C(=O)O. The summed E-state index contributed by atoms with van der Waals surface area (Å²) >= 11 is 0. The summed E-state index contributed by atoms with van der Waals surface area (Å²) in [6.07, 6.45) is 2.61. The molecular formula is C7H8O5. The molecule has 0 amide bonds. The zero-order valence-electron chi connectivity index (χ0n) is 6.35. The number of carbonyl (C=O) groups is 2. The number of aliphatic carboxylic acids is 2. The van der Waals surface area contributed by atoms with Crippen molar-refractivity contribution in [2.45, 2.75) is 0 Å². The van der Waals surface area contributed by atoms with Gasteiger partial charge in [0.15, 0.2) is 0 Å². The Kier molecular flexibility index (Phi) is 4.21. The number of hydrogen-bond donors (Lipinski definition) is 2. The van der Waals surface area contributed by atoms with Crippen molar-refractivity contribution in [1.29, 1.82) is 0 Å². The third-order valence-corrected chi connectivity index (χ3v) is 0.897. The van der Waals surface area contributed by atoms with Crippen LogP contribution < -0.4 is 0 Å². The van der Waals surface area contributed by atoms with Crippen LogP contribution in [-0.4, -0.2) is 29.3 Å². The van der Waals surface area contributed by atoms with Gasteiger partial charge < -0.3 is 14.9 Å². The van der Waals surface area contributed by atoms with Gasteiger partial charge in [-0.15, -0.1) is 0 Å². The molecule has 0 radical (unpaired) electrons. The van der Waals surface area contributed by atoms with Gasteiger partial charge in [-0.05, 0) is 6.08 Å². The van der Waals surface area contributed by atoms with E-state index in [1.54, 1.807) is 0 Å². The molecular weight excluding hydrogens is 164 g/mol. The minimum atomic E-state index is -1.24. The minimum absolute atomic E-state index is 0.222. The second-order valence-electron chi connectivity index (χ2n) is 1.79. The molecule has 5 nitrogen and oxygen atoms in total. The molecule has 0 aromatic heterocycles.